The number of rotatable bonds is 3. The number of nitrogens with zero attached hydrogens (tertiary/aromatic N) is 1. The summed E-state index contributed by atoms with van der Waals surface area (Å²) in [4.78, 5) is 15.7. The molecule has 2 aromatic rings. The van der Waals surface area contributed by atoms with Crippen molar-refractivity contribution in [1.82, 2.24) is 4.73 Å². The molecule has 0 saturated heterocycles. The summed E-state index contributed by atoms with van der Waals surface area (Å²) in [6.07, 6.45) is 1.76. The number of para-hydroxylation sites is 1. The van der Waals surface area contributed by atoms with Crippen LogP contribution in [0.1, 0.15) is 0 Å². The van der Waals surface area contributed by atoms with Crippen molar-refractivity contribution in [3.05, 3.63) is 36.5 Å². The first-order chi connectivity index (χ1) is 6.77. The van der Waals surface area contributed by atoms with Gasteiger partial charge >= 0.3 is 0 Å². The van der Waals surface area contributed by atoms with Gasteiger partial charge in [0.2, 0.25) is 0 Å². The normalized spacial score (nSPS) is 10.3. The van der Waals surface area contributed by atoms with Crippen LogP contribution in [0.4, 0.5) is 0 Å². The zero-order valence-electron chi connectivity index (χ0n) is 7.51. The molecule has 1 amide bonds. The lowest BCUT2D eigenvalue weighted by atomic mass is 10.3. The number of carbonyl (C=O) groups is 1. The third-order valence-corrected chi connectivity index (χ3v) is 1.91. The first kappa shape index (κ1) is 8.62. The van der Waals surface area contributed by atoms with E-state index in [0.717, 1.165) is 10.9 Å². The molecule has 2 N–H and O–H groups in total. The average Bonchev–Trinajstić information content (AvgIpc) is 2.58. The van der Waals surface area contributed by atoms with E-state index in [1.807, 2.05) is 30.3 Å². The molecule has 4 heteroatoms. The van der Waals surface area contributed by atoms with Crippen LogP contribution in [0.25, 0.3) is 10.9 Å². The standard InChI is InChI=1S/C10H10N2O2/c11-10(13)7-14-12-6-5-8-3-1-2-4-9(8)12/h1-6H,7H2,(H2,11,13). The Hall–Kier alpha value is -1.97. The molecule has 72 valence electrons. The summed E-state index contributed by atoms with van der Waals surface area (Å²) >= 11 is 0. The molecule has 1 aromatic carbocycles. The Morgan fingerprint density at radius 3 is 2.93 bits per heavy atom. The Morgan fingerprint density at radius 2 is 2.14 bits per heavy atom. The van der Waals surface area contributed by atoms with E-state index in [4.69, 9.17) is 10.6 Å². The third kappa shape index (κ3) is 1.54. The molecule has 0 aliphatic rings. The predicted octanol–water partition coefficient (Wildman–Crippen LogP) is 0.555. The van der Waals surface area contributed by atoms with E-state index in [0.29, 0.717) is 0 Å². The van der Waals surface area contributed by atoms with Gasteiger partial charge in [0.05, 0.1) is 5.52 Å². The van der Waals surface area contributed by atoms with Crippen molar-refractivity contribution in [2.75, 3.05) is 6.61 Å². The highest BCUT2D eigenvalue weighted by molar-refractivity contribution is 5.80. The van der Waals surface area contributed by atoms with Crippen LogP contribution in [0.5, 0.6) is 0 Å². The average molecular weight is 190 g/mol. The van der Waals surface area contributed by atoms with E-state index in [2.05, 4.69) is 0 Å². The Labute approximate surface area is 80.8 Å². The summed E-state index contributed by atoms with van der Waals surface area (Å²) in [6, 6.07) is 9.65. The second kappa shape index (κ2) is 3.41. The zero-order chi connectivity index (χ0) is 9.97. The summed E-state index contributed by atoms with van der Waals surface area (Å²) in [7, 11) is 0. The van der Waals surface area contributed by atoms with Crippen molar-refractivity contribution >= 4 is 16.8 Å². The van der Waals surface area contributed by atoms with Crippen molar-refractivity contribution in [2.24, 2.45) is 5.73 Å². The molecule has 0 fully saturated rings. The summed E-state index contributed by atoms with van der Waals surface area (Å²) in [5.41, 5.74) is 5.90. The van der Waals surface area contributed by atoms with Gasteiger partial charge in [-0.05, 0) is 12.1 Å². The minimum Gasteiger partial charge on any atom is -0.404 e. The van der Waals surface area contributed by atoms with E-state index in [9.17, 15) is 4.79 Å². The van der Waals surface area contributed by atoms with E-state index in [1.165, 1.54) is 0 Å². The molecule has 2 rings (SSSR count). The quantitative estimate of drug-likeness (QED) is 0.768. The van der Waals surface area contributed by atoms with Gasteiger partial charge in [-0.2, -0.15) is 4.73 Å². The lowest BCUT2D eigenvalue weighted by Gasteiger charge is -2.05. The lowest BCUT2D eigenvalue weighted by molar-refractivity contribution is -0.122. The van der Waals surface area contributed by atoms with E-state index < -0.39 is 5.91 Å². The molecule has 1 heterocycles. The van der Waals surface area contributed by atoms with E-state index in [1.54, 1.807) is 10.9 Å². The van der Waals surface area contributed by atoms with Gasteiger partial charge in [0, 0.05) is 11.6 Å². The lowest BCUT2D eigenvalue weighted by Crippen LogP contribution is -2.25. The number of benzene rings is 1. The Bertz CT molecular complexity index is 462. The summed E-state index contributed by atoms with van der Waals surface area (Å²) < 4.78 is 1.54. The SMILES string of the molecule is NC(=O)COn1ccc2ccccc21. The van der Waals surface area contributed by atoms with E-state index >= 15 is 0 Å². The van der Waals surface area contributed by atoms with Gasteiger partial charge in [0.15, 0.2) is 6.61 Å². The maximum atomic E-state index is 10.5. The highest BCUT2D eigenvalue weighted by atomic mass is 16.7. The predicted molar refractivity (Wildman–Crippen MR) is 52.6 cm³/mol. The third-order valence-electron chi connectivity index (χ3n) is 1.91. The molecule has 0 atom stereocenters. The first-order valence-electron chi connectivity index (χ1n) is 4.25. The van der Waals surface area contributed by atoms with E-state index in [-0.39, 0.29) is 6.61 Å². The van der Waals surface area contributed by atoms with Crippen molar-refractivity contribution < 1.29 is 9.63 Å². The molecule has 14 heavy (non-hydrogen) atoms. The Kier molecular flexibility index (Phi) is 2.10. The molecule has 0 aliphatic heterocycles. The Morgan fingerprint density at radius 1 is 1.36 bits per heavy atom. The fourth-order valence-electron chi connectivity index (χ4n) is 1.30. The maximum Gasteiger partial charge on any atom is 0.258 e. The fraction of sp³-hybridized carbons (Fsp3) is 0.100. The van der Waals surface area contributed by atoms with Crippen molar-refractivity contribution in [2.45, 2.75) is 0 Å². The molecule has 0 radical (unpaired) electrons. The monoisotopic (exact) mass is 190 g/mol. The molecule has 0 unspecified atom stereocenters. The molecule has 0 aliphatic carbocycles. The second-order valence-electron chi connectivity index (χ2n) is 2.94. The van der Waals surface area contributed by atoms with Gasteiger partial charge in [0.1, 0.15) is 0 Å². The summed E-state index contributed by atoms with van der Waals surface area (Å²) in [5, 5.41) is 1.07. The molecule has 4 nitrogen and oxygen atoms in total. The van der Waals surface area contributed by atoms with Crippen molar-refractivity contribution in [3.63, 3.8) is 0 Å². The number of aromatic nitrogens is 1. The van der Waals surface area contributed by atoms with Crippen molar-refractivity contribution in [1.29, 1.82) is 0 Å². The molecule has 0 bridgehead atoms. The largest absolute Gasteiger partial charge is 0.404 e. The smallest absolute Gasteiger partial charge is 0.258 e. The van der Waals surface area contributed by atoms with Crippen LogP contribution in [0, 0.1) is 0 Å². The highest BCUT2D eigenvalue weighted by Crippen LogP contribution is 2.13. The number of hydrogen-bond donors (Lipinski definition) is 1. The van der Waals surface area contributed by atoms with Gasteiger partial charge in [-0.1, -0.05) is 18.2 Å². The highest BCUT2D eigenvalue weighted by Gasteiger charge is 2.01. The molecular formula is C10H10N2O2. The van der Waals surface area contributed by atoms with Crippen LogP contribution in [0.2, 0.25) is 0 Å². The summed E-state index contributed by atoms with van der Waals surface area (Å²) in [5.74, 6) is -0.484. The number of amides is 1. The second-order valence-corrected chi connectivity index (χ2v) is 2.94. The van der Waals surface area contributed by atoms with Crippen LogP contribution >= 0.6 is 0 Å². The minimum atomic E-state index is -0.484. The van der Waals surface area contributed by atoms with Crippen LogP contribution < -0.4 is 10.6 Å². The van der Waals surface area contributed by atoms with Gasteiger partial charge in [-0.25, -0.2) is 0 Å². The number of carbonyl (C=O) groups excluding carboxylic acids is 1. The maximum absolute atomic E-state index is 10.5. The topological polar surface area (TPSA) is 57.3 Å². The first-order valence-corrected chi connectivity index (χ1v) is 4.25. The van der Waals surface area contributed by atoms with Gasteiger partial charge in [-0.3, -0.25) is 4.79 Å². The number of primary amides is 1. The molecular weight excluding hydrogens is 180 g/mol. The molecule has 0 saturated carbocycles. The molecule has 1 aromatic heterocycles. The van der Waals surface area contributed by atoms with Gasteiger partial charge in [-0.15, -0.1) is 0 Å². The minimum absolute atomic E-state index is 0.112. The number of nitrogens with two attached hydrogens (primary N) is 1. The van der Waals surface area contributed by atoms with Gasteiger partial charge < -0.3 is 10.6 Å². The summed E-state index contributed by atoms with van der Waals surface area (Å²) in [6.45, 7) is -0.112. The van der Waals surface area contributed by atoms with Crippen LogP contribution in [-0.2, 0) is 4.79 Å². The zero-order valence-corrected chi connectivity index (χ0v) is 7.51. The Balaban J connectivity index is 2.29. The number of hydrogen-bond acceptors (Lipinski definition) is 2. The van der Waals surface area contributed by atoms with Crippen LogP contribution in [0.15, 0.2) is 36.5 Å². The van der Waals surface area contributed by atoms with Crippen LogP contribution in [-0.4, -0.2) is 17.2 Å². The van der Waals surface area contributed by atoms with Gasteiger partial charge in [0.25, 0.3) is 5.91 Å². The molecule has 0 spiro atoms. The fourth-order valence-corrected chi connectivity index (χ4v) is 1.30. The number of fused-ring (bicyclic) bond motifs is 1. The van der Waals surface area contributed by atoms with Crippen molar-refractivity contribution in [3.8, 4) is 0 Å². The van der Waals surface area contributed by atoms with Crippen LogP contribution in [0.3, 0.4) is 0 Å².